The van der Waals surface area contributed by atoms with Crippen LogP contribution in [0.3, 0.4) is 0 Å². The molecule has 0 radical (unpaired) electrons. The third-order valence-corrected chi connectivity index (χ3v) is 3.42. The molecule has 0 atom stereocenters. The molecule has 100 valence electrons. The topological polar surface area (TPSA) is 22.0 Å². The van der Waals surface area contributed by atoms with Crippen LogP contribution < -0.4 is 0 Å². The summed E-state index contributed by atoms with van der Waals surface area (Å²) in [6, 6.07) is 8.98. The predicted octanol–water partition coefficient (Wildman–Crippen LogP) is 3.33. The second-order valence-electron chi connectivity index (χ2n) is 4.92. The highest BCUT2D eigenvalue weighted by Gasteiger charge is 2.17. The molecule has 3 rings (SSSR count). The molecule has 1 aromatic heterocycles. The summed E-state index contributed by atoms with van der Waals surface area (Å²) in [5.41, 5.74) is 3.00. The summed E-state index contributed by atoms with van der Waals surface area (Å²) in [7, 11) is 0. The Balaban J connectivity index is 1.88. The van der Waals surface area contributed by atoms with Gasteiger partial charge in [-0.05, 0) is 30.2 Å². The Hall–Kier alpha value is -2.34. The third-order valence-electron chi connectivity index (χ3n) is 3.42. The molecule has 2 aromatic rings. The molecule has 3 heteroatoms. The van der Waals surface area contributed by atoms with Crippen molar-refractivity contribution in [3.05, 3.63) is 58.9 Å². The van der Waals surface area contributed by atoms with E-state index in [9.17, 15) is 9.18 Å². The Morgan fingerprint density at radius 2 is 2.05 bits per heavy atom. The highest BCUT2D eigenvalue weighted by atomic mass is 19.1. The summed E-state index contributed by atoms with van der Waals surface area (Å²) in [6.45, 7) is 0.393. The van der Waals surface area contributed by atoms with Crippen molar-refractivity contribution in [3.63, 3.8) is 0 Å². The Kier molecular flexibility index (Phi) is 3.39. The average Bonchev–Trinajstić information content (AvgIpc) is 2.90. The molecule has 0 amide bonds. The van der Waals surface area contributed by atoms with E-state index in [-0.39, 0.29) is 5.78 Å². The molecule has 0 unspecified atom stereocenters. The molecule has 1 aliphatic rings. The number of hydrogen-bond acceptors (Lipinski definition) is 1. The van der Waals surface area contributed by atoms with Crippen molar-refractivity contribution in [2.24, 2.45) is 0 Å². The minimum atomic E-state index is -0.482. The van der Waals surface area contributed by atoms with Crippen molar-refractivity contribution in [1.82, 2.24) is 4.57 Å². The van der Waals surface area contributed by atoms with Crippen LogP contribution in [0, 0.1) is 11.8 Å². The number of benzene rings is 1. The van der Waals surface area contributed by atoms with Crippen LogP contribution in [0.1, 0.15) is 40.0 Å². The van der Waals surface area contributed by atoms with E-state index in [2.05, 4.69) is 11.8 Å². The van der Waals surface area contributed by atoms with Gasteiger partial charge >= 0.3 is 0 Å². The van der Waals surface area contributed by atoms with Crippen LogP contribution in [0.2, 0.25) is 0 Å². The summed E-state index contributed by atoms with van der Waals surface area (Å²) >= 11 is 0. The number of alkyl halides is 1. The predicted molar refractivity (Wildman–Crippen MR) is 75.2 cm³/mol. The maximum Gasteiger partial charge on any atom is 0.179 e. The minimum absolute atomic E-state index is 0.184. The zero-order valence-electron chi connectivity index (χ0n) is 11.0. The number of carbonyl (C=O) groups is 1. The van der Waals surface area contributed by atoms with E-state index in [0.29, 0.717) is 12.0 Å². The third kappa shape index (κ3) is 2.50. The molecule has 1 aliphatic heterocycles. The number of nitrogens with zero attached hydrogens (tertiary/aromatic N) is 1. The molecule has 2 nitrogen and oxygen atoms in total. The van der Waals surface area contributed by atoms with E-state index in [1.165, 1.54) is 0 Å². The highest BCUT2D eigenvalue weighted by molar-refractivity contribution is 5.95. The Morgan fingerprint density at radius 1 is 1.20 bits per heavy atom. The highest BCUT2D eigenvalue weighted by Crippen LogP contribution is 2.17. The number of aromatic nitrogens is 1. The second kappa shape index (κ2) is 5.34. The van der Waals surface area contributed by atoms with Gasteiger partial charge in [-0.1, -0.05) is 24.0 Å². The Labute approximate surface area is 117 Å². The fourth-order valence-corrected chi connectivity index (χ4v) is 2.41. The standard InChI is InChI=1S/C17H14FNO/c18-11-14-4-1-3-13(9-14)6-7-15-10-16-17(20)5-2-8-19(16)12-15/h1,3-4,9-10,12H,2,5,8,11H2. The zero-order chi connectivity index (χ0) is 13.9. The number of aryl methyl sites for hydroxylation is 1. The molecule has 0 spiro atoms. The summed E-state index contributed by atoms with van der Waals surface area (Å²) in [5, 5.41) is 0. The van der Waals surface area contributed by atoms with Crippen LogP contribution in [0.15, 0.2) is 36.5 Å². The van der Waals surface area contributed by atoms with Gasteiger partial charge in [0.2, 0.25) is 0 Å². The first-order valence-corrected chi connectivity index (χ1v) is 6.66. The second-order valence-corrected chi connectivity index (χ2v) is 4.92. The van der Waals surface area contributed by atoms with Gasteiger partial charge in [0.25, 0.3) is 0 Å². The van der Waals surface area contributed by atoms with Crippen molar-refractivity contribution in [2.75, 3.05) is 0 Å². The fourth-order valence-electron chi connectivity index (χ4n) is 2.41. The van der Waals surface area contributed by atoms with E-state index in [4.69, 9.17) is 0 Å². The summed E-state index contributed by atoms with van der Waals surface area (Å²) in [6.07, 6.45) is 3.43. The van der Waals surface area contributed by atoms with E-state index in [1.807, 2.05) is 22.9 Å². The van der Waals surface area contributed by atoms with Crippen LogP contribution in [0.5, 0.6) is 0 Å². The minimum Gasteiger partial charge on any atom is -0.344 e. The molecule has 20 heavy (non-hydrogen) atoms. The molecule has 0 saturated carbocycles. The van der Waals surface area contributed by atoms with Gasteiger partial charge in [-0.2, -0.15) is 0 Å². The molecule has 0 saturated heterocycles. The summed E-state index contributed by atoms with van der Waals surface area (Å²) < 4.78 is 14.5. The molecule has 2 heterocycles. The number of hydrogen-bond donors (Lipinski definition) is 0. The maximum absolute atomic E-state index is 12.6. The summed E-state index contributed by atoms with van der Waals surface area (Å²) in [4.78, 5) is 11.7. The first-order chi connectivity index (χ1) is 9.76. The lowest BCUT2D eigenvalue weighted by atomic mass is 10.1. The van der Waals surface area contributed by atoms with Crippen LogP contribution in [0.4, 0.5) is 4.39 Å². The van der Waals surface area contributed by atoms with Crippen molar-refractivity contribution < 1.29 is 9.18 Å². The largest absolute Gasteiger partial charge is 0.344 e. The van der Waals surface area contributed by atoms with Gasteiger partial charge in [-0.15, -0.1) is 0 Å². The average molecular weight is 267 g/mol. The van der Waals surface area contributed by atoms with Gasteiger partial charge in [0.15, 0.2) is 5.78 Å². The lowest BCUT2D eigenvalue weighted by molar-refractivity contribution is 0.0955. The first-order valence-electron chi connectivity index (χ1n) is 6.66. The number of ketones is 1. The quantitative estimate of drug-likeness (QED) is 0.726. The molecule has 0 N–H and O–H groups in total. The molecular formula is C17H14FNO. The van der Waals surface area contributed by atoms with Crippen LogP contribution in [0.25, 0.3) is 0 Å². The van der Waals surface area contributed by atoms with E-state index >= 15 is 0 Å². The van der Waals surface area contributed by atoms with Crippen LogP contribution >= 0.6 is 0 Å². The Bertz CT molecular complexity index is 718. The van der Waals surface area contributed by atoms with Gasteiger partial charge in [-0.25, -0.2) is 4.39 Å². The number of rotatable bonds is 1. The zero-order valence-corrected chi connectivity index (χ0v) is 11.0. The lowest BCUT2D eigenvalue weighted by Crippen LogP contribution is -2.14. The van der Waals surface area contributed by atoms with Gasteiger partial charge in [0, 0.05) is 30.3 Å². The molecule has 0 aliphatic carbocycles. The van der Waals surface area contributed by atoms with E-state index in [0.717, 1.165) is 29.8 Å². The number of halogens is 1. The SMILES string of the molecule is O=C1CCCn2cc(C#Cc3cccc(CF)c3)cc21. The van der Waals surface area contributed by atoms with Crippen LogP contribution in [-0.2, 0) is 13.2 Å². The normalized spacial score (nSPS) is 13.6. The Morgan fingerprint density at radius 3 is 2.85 bits per heavy atom. The maximum atomic E-state index is 12.6. The van der Waals surface area contributed by atoms with Crippen molar-refractivity contribution >= 4 is 5.78 Å². The molecule has 1 aromatic carbocycles. The smallest absolute Gasteiger partial charge is 0.179 e. The number of fused-ring (bicyclic) bond motifs is 1. The van der Waals surface area contributed by atoms with Crippen LogP contribution in [-0.4, -0.2) is 10.4 Å². The fraction of sp³-hybridized carbons (Fsp3) is 0.235. The van der Waals surface area contributed by atoms with Crippen molar-refractivity contribution in [3.8, 4) is 11.8 Å². The van der Waals surface area contributed by atoms with Gasteiger partial charge in [0.1, 0.15) is 6.67 Å². The number of Topliss-reactive ketones (excluding diaryl/α,β-unsaturated/α-hetero) is 1. The van der Waals surface area contributed by atoms with Gasteiger partial charge in [0.05, 0.1) is 5.69 Å². The first kappa shape index (κ1) is 12.7. The van der Waals surface area contributed by atoms with Gasteiger partial charge in [-0.3, -0.25) is 4.79 Å². The number of carbonyl (C=O) groups excluding carboxylic acids is 1. The summed E-state index contributed by atoms with van der Waals surface area (Å²) in [5.74, 6) is 6.25. The van der Waals surface area contributed by atoms with Crippen molar-refractivity contribution in [2.45, 2.75) is 26.1 Å². The monoisotopic (exact) mass is 267 g/mol. The lowest BCUT2D eigenvalue weighted by Gasteiger charge is -2.12. The molecule has 0 bridgehead atoms. The van der Waals surface area contributed by atoms with E-state index < -0.39 is 6.67 Å². The van der Waals surface area contributed by atoms with Crippen molar-refractivity contribution in [1.29, 1.82) is 0 Å². The van der Waals surface area contributed by atoms with Gasteiger partial charge < -0.3 is 4.57 Å². The van der Waals surface area contributed by atoms with E-state index in [1.54, 1.807) is 18.2 Å². The molecule has 0 fully saturated rings. The molecular weight excluding hydrogens is 253 g/mol.